The Morgan fingerprint density at radius 1 is 1.39 bits per heavy atom. The summed E-state index contributed by atoms with van der Waals surface area (Å²) < 4.78 is 15.5. The molecule has 1 aliphatic rings. The molecular weight excluding hydrogens is 304 g/mol. The van der Waals surface area contributed by atoms with Gasteiger partial charge in [-0.15, -0.1) is 0 Å². The Labute approximate surface area is 134 Å². The zero-order valence-corrected chi connectivity index (χ0v) is 13.0. The Morgan fingerprint density at radius 2 is 2.13 bits per heavy atom. The fourth-order valence-corrected chi connectivity index (χ4v) is 2.32. The van der Waals surface area contributed by atoms with Crippen LogP contribution in [0.4, 0.5) is 5.69 Å². The van der Waals surface area contributed by atoms with E-state index in [2.05, 4.69) is 9.64 Å². The van der Waals surface area contributed by atoms with E-state index in [1.54, 1.807) is 0 Å². The standard InChI is InChI=1S/C15H20N2O6/c1-21-15(18)13-4-3-12(17(19)20)11-14(13)23-8-2-5-16-6-9-22-10-7-16/h3-4,11H,2,5-10H2,1H3. The summed E-state index contributed by atoms with van der Waals surface area (Å²) in [6, 6.07) is 3.86. The quantitative estimate of drug-likeness (QED) is 0.325. The smallest absolute Gasteiger partial charge is 0.341 e. The van der Waals surface area contributed by atoms with E-state index in [9.17, 15) is 14.9 Å². The minimum Gasteiger partial charge on any atom is -0.492 e. The van der Waals surface area contributed by atoms with Gasteiger partial charge in [-0.1, -0.05) is 0 Å². The van der Waals surface area contributed by atoms with Crippen molar-refractivity contribution in [3.63, 3.8) is 0 Å². The van der Waals surface area contributed by atoms with E-state index in [0.717, 1.165) is 39.3 Å². The van der Waals surface area contributed by atoms with Gasteiger partial charge in [0.1, 0.15) is 11.3 Å². The number of hydrogen-bond acceptors (Lipinski definition) is 7. The minimum atomic E-state index is -0.580. The molecule has 0 radical (unpaired) electrons. The average Bonchev–Trinajstić information content (AvgIpc) is 2.58. The number of rotatable bonds is 7. The Hall–Kier alpha value is -2.19. The van der Waals surface area contributed by atoms with Gasteiger partial charge in [0.2, 0.25) is 0 Å². The first-order chi connectivity index (χ1) is 11.1. The Balaban J connectivity index is 1.94. The molecule has 1 saturated heterocycles. The van der Waals surface area contributed by atoms with Crippen LogP contribution in [0.5, 0.6) is 5.75 Å². The molecule has 126 valence electrons. The third-order valence-electron chi connectivity index (χ3n) is 3.56. The van der Waals surface area contributed by atoms with Gasteiger partial charge in [-0.05, 0) is 12.5 Å². The molecule has 8 heteroatoms. The summed E-state index contributed by atoms with van der Waals surface area (Å²) in [4.78, 5) is 24.3. The topological polar surface area (TPSA) is 91.1 Å². The summed E-state index contributed by atoms with van der Waals surface area (Å²) >= 11 is 0. The normalized spacial score (nSPS) is 15.2. The van der Waals surface area contributed by atoms with Gasteiger partial charge >= 0.3 is 5.97 Å². The van der Waals surface area contributed by atoms with Crippen molar-refractivity contribution < 1.29 is 23.9 Å². The number of nitro groups is 1. The number of carbonyl (C=O) groups excluding carboxylic acids is 1. The summed E-state index contributed by atoms with van der Waals surface area (Å²) in [5.74, 6) is -0.406. The molecular formula is C15H20N2O6. The molecule has 1 aromatic carbocycles. The molecule has 1 aromatic rings. The molecule has 0 bridgehead atoms. The maximum Gasteiger partial charge on any atom is 0.341 e. The number of non-ortho nitro benzene ring substituents is 1. The number of carbonyl (C=O) groups is 1. The highest BCUT2D eigenvalue weighted by molar-refractivity contribution is 5.92. The molecule has 0 aromatic heterocycles. The lowest BCUT2D eigenvalue weighted by Crippen LogP contribution is -2.37. The molecule has 1 aliphatic heterocycles. The monoisotopic (exact) mass is 324 g/mol. The number of esters is 1. The fourth-order valence-electron chi connectivity index (χ4n) is 2.32. The highest BCUT2D eigenvalue weighted by Crippen LogP contribution is 2.25. The van der Waals surface area contributed by atoms with Crippen LogP contribution in [0, 0.1) is 10.1 Å². The lowest BCUT2D eigenvalue weighted by atomic mass is 10.2. The minimum absolute atomic E-state index is 0.124. The summed E-state index contributed by atoms with van der Waals surface area (Å²) in [6.45, 7) is 4.47. The SMILES string of the molecule is COC(=O)c1ccc([N+](=O)[O-])cc1OCCCN1CCOCC1. The van der Waals surface area contributed by atoms with Crippen molar-refractivity contribution in [3.05, 3.63) is 33.9 Å². The molecule has 1 heterocycles. The summed E-state index contributed by atoms with van der Waals surface area (Å²) in [5, 5.41) is 10.9. The molecule has 0 aliphatic carbocycles. The van der Waals surface area contributed by atoms with E-state index < -0.39 is 10.9 Å². The molecule has 0 N–H and O–H groups in total. The fraction of sp³-hybridized carbons (Fsp3) is 0.533. The summed E-state index contributed by atoms with van der Waals surface area (Å²) in [6.07, 6.45) is 0.753. The van der Waals surface area contributed by atoms with Gasteiger partial charge in [-0.25, -0.2) is 4.79 Å². The van der Waals surface area contributed by atoms with Gasteiger partial charge < -0.3 is 14.2 Å². The van der Waals surface area contributed by atoms with Crippen molar-refractivity contribution in [2.75, 3.05) is 46.6 Å². The van der Waals surface area contributed by atoms with Crippen molar-refractivity contribution in [2.45, 2.75) is 6.42 Å². The van der Waals surface area contributed by atoms with Crippen LogP contribution >= 0.6 is 0 Å². The maximum absolute atomic E-state index is 11.7. The second-order valence-electron chi connectivity index (χ2n) is 5.09. The lowest BCUT2D eigenvalue weighted by Gasteiger charge is -2.26. The van der Waals surface area contributed by atoms with E-state index in [1.165, 1.54) is 25.3 Å². The molecule has 8 nitrogen and oxygen atoms in total. The van der Waals surface area contributed by atoms with Crippen molar-refractivity contribution in [1.29, 1.82) is 0 Å². The van der Waals surface area contributed by atoms with E-state index in [0.29, 0.717) is 6.61 Å². The third kappa shape index (κ3) is 4.90. The van der Waals surface area contributed by atoms with Crippen LogP contribution in [0.3, 0.4) is 0 Å². The van der Waals surface area contributed by atoms with E-state index >= 15 is 0 Å². The number of nitrogens with zero attached hydrogens (tertiary/aromatic N) is 2. The van der Waals surface area contributed by atoms with Gasteiger partial charge in [0.05, 0.1) is 37.9 Å². The van der Waals surface area contributed by atoms with Crippen molar-refractivity contribution in [1.82, 2.24) is 4.90 Å². The van der Waals surface area contributed by atoms with Gasteiger partial charge in [0, 0.05) is 25.7 Å². The zero-order chi connectivity index (χ0) is 16.7. The Kier molecular flexibility index (Phi) is 6.30. The Bertz CT molecular complexity index is 557. The van der Waals surface area contributed by atoms with Crippen LogP contribution in [0.2, 0.25) is 0 Å². The van der Waals surface area contributed by atoms with Crippen LogP contribution in [-0.4, -0.2) is 62.4 Å². The van der Waals surface area contributed by atoms with Crippen molar-refractivity contribution in [2.24, 2.45) is 0 Å². The number of hydrogen-bond donors (Lipinski definition) is 0. The molecule has 2 rings (SSSR count). The number of morpholine rings is 1. The molecule has 0 spiro atoms. The third-order valence-corrected chi connectivity index (χ3v) is 3.56. The second kappa shape index (κ2) is 8.44. The molecule has 0 atom stereocenters. The highest BCUT2D eigenvalue weighted by atomic mass is 16.6. The van der Waals surface area contributed by atoms with Gasteiger partial charge in [0.15, 0.2) is 0 Å². The first-order valence-corrected chi connectivity index (χ1v) is 7.41. The summed E-state index contributed by atoms with van der Waals surface area (Å²) in [7, 11) is 1.26. The highest BCUT2D eigenvalue weighted by Gasteiger charge is 2.18. The largest absolute Gasteiger partial charge is 0.492 e. The number of nitro benzene ring substituents is 1. The predicted molar refractivity (Wildman–Crippen MR) is 81.8 cm³/mol. The first kappa shape index (κ1) is 17.2. The number of benzene rings is 1. The van der Waals surface area contributed by atoms with Gasteiger partial charge in [-0.2, -0.15) is 0 Å². The predicted octanol–water partition coefficient (Wildman–Crippen LogP) is 1.48. The first-order valence-electron chi connectivity index (χ1n) is 7.41. The number of ether oxygens (including phenoxy) is 3. The summed E-state index contributed by atoms with van der Waals surface area (Å²) in [5.41, 5.74) is 0.0605. The molecule has 0 unspecified atom stereocenters. The van der Waals surface area contributed by atoms with E-state index in [4.69, 9.17) is 9.47 Å². The van der Waals surface area contributed by atoms with Crippen molar-refractivity contribution >= 4 is 11.7 Å². The van der Waals surface area contributed by atoms with Crippen LogP contribution in [-0.2, 0) is 9.47 Å². The molecule has 23 heavy (non-hydrogen) atoms. The Morgan fingerprint density at radius 3 is 2.78 bits per heavy atom. The van der Waals surface area contributed by atoms with Gasteiger partial charge in [-0.3, -0.25) is 15.0 Å². The van der Waals surface area contributed by atoms with Crippen LogP contribution in [0.1, 0.15) is 16.8 Å². The molecule has 0 saturated carbocycles. The van der Waals surface area contributed by atoms with E-state index in [-0.39, 0.29) is 17.0 Å². The van der Waals surface area contributed by atoms with Gasteiger partial charge in [0.25, 0.3) is 5.69 Å². The maximum atomic E-state index is 11.7. The van der Waals surface area contributed by atoms with Crippen LogP contribution in [0.15, 0.2) is 18.2 Å². The number of methoxy groups -OCH3 is 1. The van der Waals surface area contributed by atoms with E-state index in [1.807, 2.05) is 0 Å². The lowest BCUT2D eigenvalue weighted by molar-refractivity contribution is -0.384. The second-order valence-corrected chi connectivity index (χ2v) is 5.09. The molecule has 1 fully saturated rings. The molecule has 0 amide bonds. The van der Waals surface area contributed by atoms with Crippen LogP contribution in [0.25, 0.3) is 0 Å². The van der Waals surface area contributed by atoms with Crippen LogP contribution < -0.4 is 4.74 Å². The zero-order valence-electron chi connectivity index (χ0n) is 13.0. The van der Waals surface area contributed by atoms with Crippen molar-refractivity contribution in [3.8, 4) is 5.75 Å². The average molecular weight is 324 g/mol.